The zero-order valence-electron chi connectivity index (χ0n) is 13.6. The second-order valence-electron chi connectivity index (χ2n) is 5.57. The van der Waals surface area contributed by atoms with Gasteiger partial charge in [-0.25, -0.2) is 12.4 Å². The Morgan fingerprint density at radius 3 is 2.38 bits per heavy atom. The molecular formula is C18H16N2O2S2. The van der Waals surface area contributed by atoms with E-state index in [1.165, 1.54) is 21.9 Å². The van der Waals surface area contributed by atoms with Gasteiger partial charge < -0.3 is 0 Å². The van der Waals surface area contributed by atoms with Crippen LogP contribution in [-0.4, -0.2) is 18.6 Å². The first-order chi connectivity index (χ1) is 11.4. The molecule has 0 unspecified atom stereocenters. The molecule has 1 heterocycles. The summed E-state index contributed by atoms with van der Waals surface area (Å²) in [6.07, 6.45) is 3.43. The summed E-state index contributed by atoms with van der Waals surface area (Å²) in [7, 11) is -3.71. The van der Waals surface area contributed by atoms with Gasteiger partial charge in [-0.3, -0.25) is 0 Å². The minimum Gasteiger partial charge on any atom is -0.241 e. The van der Waals surface area contributed by atoms with Gasteiger partial charge in [0.05, 0.1) is 16.0 Å². The van der Waals surface area contributed by atoms with Gasteiger partial charge in [-0.2, -0.15) is 5.26 Å². The molecule has 0 aliphatic carbocycles. The number of nitrogens with zero attached hydrogens (tertiary/aromatic N) is 2. The second kappa shape index (κ2) is 6.00. The molecule has 0 spiro atoms. The number of benzene rings is 2. The first-order valence-corrected chi connectivity index (χ1v) is 9.97. The highest BCUT2D eigenvalue weighted by molar-refractivity contribution is 7.98. The third kappa shape index (κ3) is 2.50. The van der Waals surface area contributed by atoms with Crippen LogP contribution in [0.4, 0.5) is 0 Å². The zero-order valence-corrected chi connectivity index (χ0v) is 15.2. The van der Waals surface area contributed by atoms with Crippen molar-refractivity contribution in [3.05, 3.63) is 59.3 Å². The molecule has 24 heavy (non-hydrogen) atoms. The molecule has 0 aliphatic rings. The Morgan fingerprint density at radius 1 is 1.12 bits per heavy atom. The number of fused-ring (bicyclic) bond motifs is 1. The van der Waals surface area contributed by atoms with Crippen molar-refractivity contribution in [1.82, 2.24) is 3.97 Å². The molecule has 0 radical (unpaired) electrons. The Kier molecular flexibility index (Phi) is 4.16. The van der Waals surface area contributed by atoms with Crippen LogP contribution in [-0.2, 0) is 10.0 Å². The van der Waals surface area contributed by atoms with Gasteiger partial charge in [0.15, 0.2) is 0 Å². The molecule has 0 atom stereocenters. The summed E-state index contributed by atoms with van der Waals surface area (Å²) in [4.78, 5) is 1.09. The van der Waals surface area contributed by atoms with Crippen LogP contribution in [0, 0.1) is 25.2 Å². The van der Waals surface area contributed by atoms with Crippen molar-refractivity contribution in [2.75, 3.05) is 6.26 Å². The summed E-state index contributed by atoms with van der Waals surface area (Å²) < 4.78 is 27.3. The van der Waals surface area contributed by atoms with Gasteiger partial charge in [-0.05, 0) is 49.9 Å². The Morgan fingerprint density at radius 2 is 1.79 bits per heavy atom. The molecule has 2 aromatic carbocycles. The molecule has 6 heteroatoms. The molecular weight excluding hydrogens is 340 g/mol. The Balaban J connectivity index is 2.32. The maximum absolute atomic E-state index is 13.0. The van der Waals surface area contributed by atoms with E-state index in [0.717, 1.165) is 16.0 Å². The highest BCUT2D eigenvalue weighted by Gasteiger charge is 2.22. The van der Waals surface area contributed by atoms with Crippen LogP contribution in [0.5, 0.6) is 0 Å². The van der Waals surface area contributed by atoms with E-state index in [1.807, 2.05) is 26.2 Å². The first kappa shape index (κ1) is 16.6. The second-order valence-corrected chi connectivity index (χ2v) is 8.24. The quantitative estimate of drug-likeness (QED) is 0.663. The van der Waals surface area contributed by atoms with Gasteiger partial charge in [-0.1, -0.05) is 17.7 Å². The monoisotopic (exact) mass is 356 g/mol. The van der Waals surface area contributed by atoms with Crippen molar-refractivity contribution < 1.29 is 8.42 Å². The van der Waals surface area contributed by atoms with E-state index in [2.05, 4.69) is 6.07 Å². The topological polar surface area (TPSA) is 62.9 Å². The van der Waals surface area contributed by atoms with Gasteiger partial charge in [-0.15, -0.1) is 11.8 Å². The highest BCUT2D eigenvalue weighted by atomic mass is 32.2. The smallest absolute Gasteiger partial charge is 0.241 e. The summed E-state index contributed by atoms with van der Waals surface area (Å²) in [5.41, 5.74) is 2.90. The van der Waals surface area contributed by atoms with Crippen LogP contribution >= 0.6 is 11.8 Å². The summed E-state index contributed by atoms with van der Waals surface area (Å²) in [5.74, 6) is 0. The van der Waals surface area contributed by atoms with Crippen LogP contribution in [0.2, 0.25) is 0 Å². The lowest BCUT2D eigenvalue weighted by atomic mass is 10.1. The van der Waals surface area contributed by atoms with E-state index in [1.54, 1.807) is 30.3 Å². The number of rotatable bonds is 3. The Hall–Kier alpha value is -2.23. The van der Waals surface area contributed by atoms with Crippen LogP contribution < -0.4 is 0 Å². The minimum atomic E-state index is -3.71. The van der Waals surface area contributed by atoms with E-state index in [4.69, 9.17) is 0 Å². The van der Waals surface area contributed by atoms with Gasteiger partial charge in [0.2, 0.25) is 0 Å². The fourth-order valence-corrected chi connectivity index (χ4v) is 4.84. The van der Waals surface area contributed by atoms with Crippen molar-refractivity contribution in [3.63, 3.8) is 0 Å². The molecule has 0 fully saturated rings. The highest BCUT2D eigenvalue weighted by Crippen LogP contribution is 2.33. The van der Waals surface area contributed by atoms with E-state index in [0.29, 0.717) is 16.5 Å². The molecule has 0 bridgehead atoms. The molecule has 3 rings (SSSR count). The van der Waals surface area contributed by atoms with Crippen molar-refractivity contribution in [2.45, 2.75) is 23.6 Å². The summed E-state index contributed by atoms with van der Waals surface area (Å²) in [6.45, 7) is 3.78. The molecule has 0 saturated heterocycles. The fourth-order valence-electron chi connectivity index (χ4n) is 2.77. The first-order valence-electron chi connectivity index (χ1n) is 7.31. The number of hydrogen-bond acceptors (Lipinski definition) is 4. The third-order valence-electron chi connectivity index (χ3n) is 4.00. The maximum Gasteiger partial charge on any atom is 0.268 e. The number of aromatic nitrogens is 1. The average molecular weight is 356 g/mol. The third-order valence-corrected chi connectivity index (χ3v) is 6.45. The van der Waals surface area contributed by atoms with E-state index in [-0.39, 0.29) is 4.90 Å². The Bertz CT molecular complexity index is 1070. The van der Waals surface area contributed by atoms with Gasteiger partial charge >= 0.3 is 0 Å². The van der Waals surface area contributed by atoms with Crippen LogP contribution in [0.15, 0.2) is 52.4 Å². The molecule has 0 aliphatic heterocycles. The molecule has 0 amide bonds. The standard InChI is InChI=1S/C18H16N2O2S2/c1-12-4-6-14(7-5-12)24(21,22)20-9-8-15-16(11-19)17(23-3)10-13(2)18(15)20/h4-10H,1-3H3. The SMILES string of the molecule is CSc1cc(C)c2c(ccn2S(=O)(=O)c2ccc(C)cc2)c1C#N. The van der Waals surface area contributed by atoms with E-state index in [9.17, 15) is 13.7 Å². The zero-order chi connectivity index (χ0) is 17.5. The molecule has 3 aromatic rings. The maximum atomic E-state index is 13.0. The lowest BCUT2D eigenvalue weighted by Crippen LogP contribution is -2.12. The number of hydrogen-bond donors (Lipinski definition) is 0. The average Bonchev–Trinajstić information content (AvgIpc) is 3.01. The fraction of sp³-hybridized carbons (Fsp3) is 0.167. The molecule has 0 N–H and O–H groups in total. The van der Waals surface area contributed by atoms with E-state index < -0.39 is 10.0 Å². The van der Waals surface area contributed by atoms with Crippen LogP contribution in [0.1, 0.15) is 16.7 Å². The lowest BCUT2D eigenvalue weighted by Gasteiger charge is -2.11. The predicted octanol–water partition coefficient (Wildman–Crippen LogP) is 4.09. The summed E-state index contributed by atoms with van der Waals surface area (Å²) in [5, 5.41) is 10.1. The van der Waals surface area contributed by atoms with Crippen LogP contribution in [0.3, 0.4) is 0 Å². The Labute approximate surface area is 145 Å². The van der Waals surface area contributed by atoms with Gasteiger partial charge in [0.25, 0.3) is 10.0 Å². The minimum absolute atomic E-state index is 0.234. The van der Waals surface area contributed by atoms with Crippen molar-refractivity contribution in [1.29, 1.82) is 5.26 Å². The van der Waals surface area contributed by atoms with Crippen molar-refractivity contribution >= 4 is 32.7 Å². The number of nitriles is 1. The van der Waals surface area contributed by atoms with Crippen molar-refractivity contribution in [3.8, 4) is 6.07 Å². The van der Waals surface area contributed by atoms with Gasteiger partial charge in [0, 0.05) is 16.5 Å². The molecule has 4 nitrogen and oxygen atoms in total. The largest absolute Gasteiger partial charge is 0.268 e. The van der Waals surface area contributed by atoms with Crippen LogP contribution in [0.25, 0.3) is 10.9 Å². The van der Waals surface area contributed by atoms with Crippen molar-refractivity contribution in [2.24, 2.45) is 0 Å². The number of aryl methyl sites for hydroxylation is 2. The lowest BCUT2D eigenvalue weighted by molar-refractivity contribution is 0.589. The molecule has 122 valence electrons. The molecule has 1 aromatic heterocycles. The summed E-state index contributed by atoms with van der Waals surface area (Å²) in [6, 6.07) is 12.5. The summed E-state index contributed by atoms with van der Waals surface area (Å²) >= 11 is 1.48. The molecule has 0 saturated carbocycles. The predicted molar refractivity (Wildman–Crippen MR) is 96.9 cm³/mol. The van der Waals surface area contributed by atoms with Gasteiger partial charge in [0.1, 0.15) is 6.07 Å². The number of thioether (sulfide) groups is 1. The van der Waals surface area contributed by atoms with E-state index >= 15 is 0 Å². The normalized spacial score (nSPS) is 11.6.